The van der Waals surface area contributed by atoms with Crippen LogP contribution >= 0.6 is 0 Å². The lowest BCUT2D eigenvalue weighted by Crippen LogP contribution is -2.26. The summed E-state index contributed by atoms with van der Waals surface area (Å²) < 4.78 is 0. The van der Waals surface area contributed by atoms with Crippen LogP contribution < -0.4 is 16.7 Å². The van der Waals surface area contributed by atoms with Crippen molar-refractivity contribution in [2.24, 2.45) is 0 Å². The van der Waals surface area contributed by atoms with Gasteiger partial charge in [0.25, 0.3) is 0 Å². The second kappa shape index (κ2) is 2.47. The van der Waals surface area contributed by atoms with E-state index in [1.165, 1.54) is 0 Å². The first-order chi connectivity index (χ1) is 5.74. The van der Waals surface area contributed by atoms with E-state index in [1.54, 1.807) is 0 Å². The third-order valence-electron chi connectivity index (χ3n) is 1.58. The smallest absolute Gasteiger partial charge is 0.352 e. The van der Waals surface area contributed by atoms with Gasteiger partial charge in [0.1, 0.15) is 0 Å². The molecule has 0 atom stereocenters. The summed E-state index contributed by atoms with van der Waals surface area (Å²) >= 11 is 0. The molecule has 0 aromatic carbocycles. The molecule has 0 amide bonds. The standard InChI is InChI=1S/C6H8N4O2/c11-5-8-4(7-3-1-2-3)9-6(12)10-5/h3H,1-2H2,(H3,7,8,9,10,11,12). The maximum atomic E-state index is 10.7. The Morgan fingerprint density at radius 2 is 2.08 bits per heavy atom. The average Bonchev–Trinajstić information content (AvgIpc) is 2.68. The molecule has 2 rings (SSSR count). The number of nitrogens with zero attached hydrogens (tertiary/aromatic N) is 1. The van der Waals surface area contributed by atoms with Crippen LogP contribution in [0.1, 0.15) is 12.8 Å². The Hall–Kier alpha value is -1.59. The molecular formula is C6H8N4O2. The minimum Gasteiger partial charge on any atom is -0.353 e. The fourth-order valence-corrected chi connectivity index (χ4v) is 0.883. The number of anilines is 1. The third kappa shape index (κ3) is 1.52. The first-order valence-corrected chi connectivity index (χ1v) is 3.71. The first kappa shape index (κ1) is 7.08. The molecule has 0 radical (unpaired) electrons. The lowest BCUT2D eigenvalue weighted by atomic mass is 10.7. The van der Waals surface area contributed by atoms with Gasteiger partial charge in [-0.1, -0.05) is 0 Å². The molecular weight excluding hydrogens is 160 g/mol. The number of H-pyrrole nitrogens is 2. The summed E-state index contributed by atoms with van der Waals surface area (Å²) in [6, 6.07) is 0.370. The van der Waals surface area contributed by atoms with Crippen molar-refractivity contribution >= 4 is 5.95 Å². The lowest BCUT2D eigenvalue weighted by Gasteiger charge is -1.99. The van der Waals surface area contributed by atoms with Crippen LogP contribution in [0.15, 0.2) is 9.59 Å². The van der Waals surface area contributed by atoms with E-state index in [0.717, 1.165) is 12.8 Å². The number of nitrogens with one attached hydrogen (secondary N) is 3. The Morgan fingerprint density at radius 1 is 1.33 bits per heavy atom. The van der Waals surface area contributed by atoms with Crippen LogP contribution in [0.5, 0.6) is 0 Å². The number of hydrogen-bond donors (Lipinski definition) is 3. The van der Waals surface area contributed by atoms with Crippen LogP contribution in [0.3, 0.4) is 0 Å². The number of aromatic nitrogens is 3. The van der Waals surface area contributed by atoms with Crippen LogP contribution in [0.4, 0.5) is 5.95 Å². The molecule has 0 bridgehead atoms. The summed E-state index contributed by atoms with van der Waals surface area (Å²) in [5, 5.41) is 2.91. The van der Waals surface area contributed by atoms with E-state index in [2.05, 4.69) is 15.3 Å². The summed E-state index contributed by atoms with van der Waals surface area (Å²) in [6.45, 7) is 0. The van der Waals surface area contributed by atoms with Gasteiger partial charge in [0, 0.05) is 6.04 Å². The zero-order valence-corrected chi connectivity index (χ0v) is 6.26. The average molecular weight is 168 g/mol. The lowest BCUT2D eigenvalue weighted by molar-refractivity contribution is 0.917. The van der Waals surface area contributed by atoms with Crippen LogP contribution in [0.25, 0.3) is 0 Å². The molecule has 1 aliphatic rings. The Balaban J connectivity index is 2.30. The fraction of sp³-hybridized carbons (Fsp3) is 0.500. The third-order valence-corrected chi connectivity index (χ3v) is 1.58. The highest BCUT2D eigenvalue weighted by Gasteiger charge is 2.21. The van der Waals surface area contributed by atoms with Gasteiger partial charge in [-0.2, -0.15) is 4.98 Å². The topological polar surface area (TPSA) is 90.6 Å². The van der Waals surface area contributed by atoms with Gasteiger partial charge in [0.2, 0.25) is 5.95 Å². The van der Waals surface area contributed by atoms with Crippen molar-refractivity contribution in [3.05, 3.63) is 21.0 Å². The van der Waals surface area contributed by atoms with Gasteiger partial charge < -0.3 is 5.32 Å². The van der Waals surface area contributed by atoms with E-state index in [-0.39, 0.29) is 5.95 Å². The van der Waals surface area contributed by atoms with Crippen LogP contribution in [-0.2, 0) is 0 Å². The first-order valence-electron chi connectivity index (χ1n) is 3.71. The Kier molecular flexibility index (Phi) is 1.46. The van der Waals surface area contributed by atoms with Crippen LogP contribution in [0.2, 0.25) is 0 Å². The van der Waals surface area contributed by atoms with Gasteiger partial charge in [-0.25, -0.2) is 9.59 Å². The highest BCUT2D eigenvalue weighted by atomic mass is 16.2. The largest absolute Gasteiger partial charge is 0.353 e. The van der Waals surface area contributed by atoms with E-state index < -0.39 is 11.4 Å². The van der Waals surface area contributed by atoms with Gasteiger partial charge in [0.15, 0.2) is 0 Å². The minimum atomic E-state index is -0.623. The van der Waals surface area contributed by atoms with E-state index in [0.29, 0.717) is 6.04 Å². The van der Waals surface area contributed by atoms with Gasteiger partial charge in [0.05, 0.1) is 0 Å². The molecule has 0 spiro atoms. The summed E-state index contributed by atoms with van der Waals surface area (Å²) in [4.78, 5) is 29.3. The molecule has 12 heavy (non-hydrogen) atoms. The van der Waals surface area contributed by atoms with E-state index in [4.69, 9.17) is 0 Å². The van der Waals surface area contributed by atoms with Crippen molar-refractivity contribution in [3.63, 3.8) is 0 Å². The molecule has 6 heteroatoms. The molecule has 1 fully saturated rings. The zero-order valence-electron chi connectivity index (χ0n) is 6.26. The predicted octanol–water partition coefficient (Wildman–Crippen LogP) is -0.968. The summed E-state index contributed by atoms with van der Waals surface area (Å²) in [7, 11) is 0. The molecule has 1 aromatic rings. The maximum Gasteiger partial charge on any atom is 0.352 e. The van der Waals surface area contributed by atoms with Gasteiger partial charge in [-0.05, 0) is 12.8 Å². The predicted molar refractivity (Wildman–Crippen MR) is 42.1 cm³/mol. The normalized spacial score (nSPS) is 16.0. The van der Waals surface area contributed by atoms with Crippen molar-refractivity contribution in [1.29, 1.82) is 0 Å². The molecule has 1 saturated carbocycles. The molecule has 6 nitrogen and oxygen atoms in total. The second-order valence-corrected chi connectivity index (χ2v) is 2.76. The monoisotopic (exact) mass is 168 g/mol. The van der Waals surface area contributed by atoms with E-state index >= 15 is 0 Å². The van der Waals surface area contributed by atoms with Crippen molar-refractivity contribution in [2.75, 3.05) is 5.32 Å². The molecule has 0 unspecified atom stereocenters. The van der Waals surface area contributed by atoms with Crippen molar-refractivity contribution in [2.45, 2.75) is 18.9 Å². The Labute approximate surface area is 67.1 Å². The second-order valence-electron chi connectivity index (χ2n) is 2.76. The summed E-state index contributed by atoms with van der Waals surface area (Å²) in [5.74, 6) is 0.256. The molecule has 1 heterocycles. The molecule has 1 aromatic heterocycles. The maximum absolute atomic E-state index is 10.7. The zero-order chi connectivity index (χ0) is 8.55. The van der Waals surface area contributed by atoms with Gasteiger partial charge in [-0.15, -0.1) is 0 Å². The van der Waals surface area contributed by atoms with Crippen LogP contribution in [-0.4, -0.2) is 21.0 Å². The van der Waals surface area contributed by atoms with E-state index in [9.17, 15) is 9.59 Å². The Morgan fingerprint density at radius 3 is 2.67 bits per heavy atom. The number of hydrogen-bond acceptors (Lipinski definition) is 4. The Bertz CT molecular complexity index is 361. The number of rotatable bonds is 2. The quantitative estimate of drug-likeness (QED) is 0.530. The molecule has 0 saturated heterocycles. The SMILES string of the molecule is O=c1nc(NC2CC2)[nH]c(=O)[nH]1. The molecule has 3 N–H and O–H groups in total. The van der Waals surface area contributed by atoms with Crippen molar-refractivity contribution < 1.29 is 0 Å². The fourth-order valence-electron chi connectivity index (χ4n) is 0.883. The highest BCUT2D eigenvalue weighted by Crippen LogP contribution is 2.21. The number of aromatic amines is 2. The van der Waals surface area contributed by atoms with E-state index in [1.807, 2.05) is 4.98 Å². The van der Waals surface area contributed by atoms with Crippen molar-refractivity contribution in [3.8, 4) is 0 Å². The van der Waals surface area contributed by atoms with Gasteiger partial charge in [-0.3, -0.25) is 9.97 Å². The molecule has 0 aliphatic heterocycles. The molecule has 1 aliphatic carbocycles. The summed E-state index contributed by atoms with van der Waals surface area (Å²) in [5.41, 5.74) is -1.15. The highest BCUT2D eigenvalue weighted by molar-refractivity contribution is 5.25. The molecule has 64 valence electrons. The summed E-state index contributed by atoms with van der Waals surface area (Å²) in [6.07, 6.45) is 2.13. The van der Waals surface area contributed by atoms with Crippen molar-refractivity contribution in [1.82, 2.24) is 15.0 Å². The van der Waals surface area contributed by atoms with Gasteiger partial charge >= 0.3 is 11.4 Å². The minimum absolute atomic E-state index is 0.256. The van der Waals surface area contributed by atoms with Crippen LogP contribution in [0, 0.1) is 0 Å².